The van der Waals surface area contributed by atoms with Crippen molar-refractivity contribution in [2.45, 2.75) is 24.8 Å². The van der Waals surface area contributed by atoms with Crippen molar-refractivity contribution in [1.82, 2.24) is 14.3 Å². The van der Waals surface area contributed by atoms with Gasteiger partial charge in [-0.2, -0.15) is 0 Å². The number of nitrogens with zero attached hydrogens (tertiary/aromatic N) is 2. The van der Waals surface area contributed by atoms with Gasteiger partial charge in [0.1, 0.15) is 11.6 Å². The Bertz CT molecular complexity index is 1080. The number of halogens is 1. The number of benzene rings is 2. The molecule has 0 unspecified atom stereocenters. The van der Waals surface area contributed by atoms with Gasteiger partial charge < -0.3 is 9.30 Å². The van der Waals surface area contributed by atoms with Gasteiger partial charge in [-0.25, -0.2) is 22.5 Å². The number of aryl methyl sites for hydroxylation is 1. The summed E-state index contributed by atoms with van der Waals surface area (Å²) in [4.78, 5) is 4.25. The van der Waals surface area contributed by atoms with Crippen LogP contribution in [0.1, 0.15) is 18.1 Å². The molecule has 1 heterocycles. The van der Waals surface area contributed by atoms with Crippen molar-refractivity contribution in [3.05, 3.63) is 65.9 Å². The highest BCUT2D eigenvalue weighted by Crippen LogP contribution is 2.31. The smallest absolute Gasteiger partial charge is 0.241 e. The van der Waals surface area contributed by atoms with Gasteiger partial charge in [0, 0.05) is 25.4 Å². The number of nitrogens with one attached hydrogen (secondary N) is 1. The second-order valence-corrected chi connectivity index (χ2v) is 8.09. The molecule has 0 saturated carbocycles. The number of hydrogen-bond donors (Lipinski definition) is 1. The third kappa shape index (κ3) is 4.07. The van der Waals surface area contributed by atoms with Gasteiger partial charge in [-0.1, -0.05) is 19.1 Å². The molecule has 3 aromatic rings. The van der Waals surface area contributed by atoms with Gasteiger partial charge in [0.25, 0.3) is 0 Å². The molecule has 6 nitrogen and oxygen atoms in total. The lowest BCUT2D eigenvalue weighted by Gasteiger charge is -2.15. The minimum atomic E-state index is -3.84. The van der Waals surface area contributed by atoms with E-state index in [4.69, 9.17) is 4.74 Å². The summed E-state index contributed by atoms with van der Waals surface area (Å²) in [6, 6.07) is 9.57. The zero-order chi connectivity index (χ0) is 20.3. The summed E-state index contributed by atoms with van der Waals surface area (Å²) >= 11 is 0. The van der Waals surface area contributed by atoms with Crippen LogP contribution in [-0.4, -0.2) is 25.1 Å². The van der Waals surface area contributed by atoms with E-state index in [0.717, 1.165) is 5.56 Å². The Kier molecular flexibility index (Phi) is 5.81. The molecule has 2 aromatic carbocycles. The number of imidazole rings is 1. The first-order valence-electron chi connectivity index (χ1n) is 8.78. The van der Waals surface area contributed by atoms with E-state index in [1.807, 2.05) is 0 Å². The molecule has 0 aliphatic heterocycles. The van der Waals surface area contributed by atoms with Crippen molar-refractivity contribution in [1.29, 1.82) is 0 Å². The topological polar surface area (TPSA) is 73.2 Å². The van der Waals surface area contributed by atoms with Gasteiger partial charge in [0.15, 0.2) is 0 Å². The number of aromatic nitrogens is 2. The molecule has 1 N–H and O–H groups in total. The fraction of sp³-hybridized carbons (Fsp3) is 0.250. The molecule has 0 atom stereocenters. The summed E-state index contributed by atoms with van der Waals surface area (Å²) < 4.78 is 49.8. The fourth-order valence-electron chi connectivity index (χ4n) is 3.02. The summed E-state index contributed by atoms with van der Waals surface area (Å²) in [7, 11) is -0.498. The van der Waals surface area contributed by atoms with Gasteiger partial charge in [-0.15, -0.1) is 0 Å². The zero-order valence-electron chi connectivity index (χ0n) is 15.9. The number of ether oxygens (including phenoxy) is 1. The average Bonchev–Trinajstić information content (AvgIpc) is 3.12. The van der Waals surface area contributed by atoms with E-state index in [1.54, 1.807) is 62.4 Å². The molecule has 0 radical (unpaired) electrons. The van der Waals surface area contributed by atoms with E-state index in [2.05, 4.69) is 9.71 Å². The lowest BCUT2D eigenvalue weighted by Crippen LogP contribution is -2.24. The van der Waals surface area contributed by atoms with Gasteiger partial charge in [-0.3, -0.25) is 0 Å². The Labute approximate surface area is 164 Å². The summed E-state index contributed by atoms with van der Waals surface area (Å²) in [6.07, 6.45) is 3.57. The van der Waals surface area contributed by atoms with Crippen LogP contribution in [0.5, 0.6) is 5.75 Å². The minimum absolute atomic E-state index is 0.0607. The van der Waals surface area contributed by atoms with E-state index in [0.29, 0.717) is 23.4 Å². The van der Waals surface area contributed by atoms with Crippen LogP contribution in [0.2, 0.25) is 0 Å². The molecule has 0 spiro atoms. The predicted octanol–water partition coefficient (Wildman–Crippen LogP) is 3.28. The third-order valence-electron chi connectivity index (χ3n) is 4.45. The van der Waals surface area contributed by atoms with Crippen LogP contribution in [0, 0.1) is 5.82 Å². The van der Waals surface area contributed by atoms with Crippen LogP contribution in [-0.2, 0) is 30.0 Å². The first-order valence-corrected chi connectivity index (χ1v) is 10.3. The number of hydrogen-bond acceptors (Lipinski definition) is 4. The third-order valence-corrected chi connectivity index (χ3v) is 5.93. The molecule has 3 rings (SSSR count). The van der Waals surface area contributed by atoms with Crippen molar-refractivity contribution in [2.75, 3.05) is 7.11 Å². The van der Waals surface area contributed by atoms with E-state index >= 15 is 0 Å². The van der Waals surface area contributed by atoms with Crippen LogP contribution in [0.3, 0.4) is 0 Å². The SMILES string of the molecule is CCc1c(S(=O)(=O)NCc2ccc(OC)cc2)ccc(F)c1-c1cn(C)cn1. The Morgan fingerprint density at radius 1 is 1.18 bits per heavy atom. The Balaban J connectivity index is 1.94. The predicted molar refractivity (Wildman–Crippen MR) is 105 cm³/mol. The maximum Gasteiger partial charge on any atom is 0.241 e. The van der Waals surface area contributed by atoms with Crippen LogP contribution < -0.4 is 9.46 Å². The monoisotopic (exact) mass is 403 g/mol. The first-order chi connectivity index (χ1) is 13.4. The second-order valence-electron chi connectivity index (χ2n) is 6.35. The van der Waals surface area contributed by atoms with Crippen molar-refractivity contribution < 1.29 is 17.5 Å². The normalized spacial score (nSPS) is 11.6. The minimum Gasteiger partial charge on any atom is -0.497 e. The van der Waals surface area contributed by atoms with Crippen molar-refractivity contribution in [3.63, 3.8) is 0 Å². The van der Waals surface area contributed by atoms with Gasteiger partial charge in [0.2, 0.25) is 10.0 Å². The molecule has 0 bridgehead atoms. The Morgan fingerprint density at radius 2 is 1.89 bits per heavy atom. The maximum absolute atomic E-state index is 14.5. The van der Waals surface area contributed by atoms with Crippen molar-refractivity contribution in [3.8, 4) is 17.0 Å². The van der Waals surface area contributed by atoms with E-state index in [-0.39, 0.29) is 17.0 Å². The van der Waals surface area contributed by atoms with Gasteiger partial charge >= 0.3 is 0 Å². The molecule has 0 aliphatic rings. The van der Waals surface area contributed by atoms with E-state index in [9.17, 15) is 12.8 Å². The number of sulfonamides is 1. The largest absolute Gasteiger partial charge is 0.497 e. The molecule has 1 aromatic heterocycles. The Morgan fingerprint density at radius 3 is 2.46 bits per heavy atom. The second kappa shape index (κ2) is 8.12. The summed E-state index contributed by atoms with van der Waals surface area (Å²) in [5.74, 6) is 0.197. The molecule has 8 heteroatoms. The number of methoxy groups -OCH3 is 1. The quantitative estimate of drug-likeness (QED) is 0.657. The van der Waals surface area contributed by atoms with Crippen LogP contribution in [0.15, 0.2) is 53.8 Å². The number of rotatable bonds is 7. The lowest BCUT2D eigenvalue weighted by molar-refractivity contribution is 0.414. The highest BCUT2D eigenvalue weighted by Gasteiger charge is 2.23. The zero-order valence-corrected chi connectivity index (χ0v) is 16.8. The highest BCUT2D eigenvalue weighted by atomic mass is 32.2. The standard InChI is InChI=1S/C20H22FN3O3S/c1-4-16-19(10-9-17(21)20(16)18-12-24(2)13-22-18)28(25,26)23-11-14-5-7-15(27-3)8-6-14/h5-10,12-13,23H,4,11H2,1-3H3. The summed E-state index contributed by atoms with van der Waals surface area (Å²) in [6.45, 7) is 1.91. The van der Waals surface area contributed by atoms with Crippen LogP contribution in [0.25, 0.3) is 11.3 Å². The van der Waals surface area contributed by atoms with Gasteiger partial charge in [0.05, 0.1) is 24.0 Å². The van der Waals surface area contributed by atoms with E-state index in [1.165, 1.54) is 12.1 Å². The molecule has 148 valence electrons. The highest BCUT2D eigenvalue weighted by molar-refractivity contribution is 7.89. The first kappa shape index (κ1) is 20.0. The van der Waals surface area contributed by atoms with E-state index < -0.39 is 15.8 Å². The molecule has 0 fully saturated rings. The molecular weight excluding hydrogens is 381 g/mol. The fourth-order valence-corrected chi connectivity index (χ4v) is 4.35. The lowest BCUT2D eigenvalue weighted by atomic mass is 10.0. The summed E-state index contributed by atoms with van der Waals surface area (Å²) in [5, 5.41) is 0. The molecule has 0 aliphatic carbocycles. The van der Waals surface area contributed by atoms with Gasteiger partial charge in [-0.05, 0) is 41.8 Å². The average molecular weight is 403 g/mol. The van der Waals surface area contributed by atoms with Crippen molar-refractivity contribution >= 4 is 10.0 Å². The summed E-state index contributed by atoms with van der Waals surface area (Å²) in [5.41, 5.74) is 1.81. The molecular formula is C20H22FN3O3S. The Hall–Kier alpha value is -2.71. The van der Waals surface area contributed by atoms with Crippen LogP contribution in [0.4, 0.5) is 4.39 Å². The van der Waals surface area contributed by atoms with Crippen molar-refractivity contribution in [2.24, 2.45) is 7.05 Å². The maximum atomic E-state index is 14.5. The molecule has 28 heavy (non-hydrogen) atoms. The molecule has 0 saturated heterocycles. The van der Waals surface area contributed by atoms with Crippen LogP contribution >= 0.6 is 0 Å². The molecule has 0 amide bonds.